The maximum atomic E-state index is 5.74. The number of hydrogen-bond donors (Lipinski definition) is 1. The second kappa shape index (κ2) is 4.94. The Balaban J connectivity index is 2.53. The molecule has 0 radical (unpaired) electrons. The van der Waals surface area contributed by atoms with Gasteiger partial charge in [0.05, 0.1) is 12.7 Å². The van der Waals surface area contributed by atoms with Crippen molar-refractivity contribution in [2.75, 3.05) is 19.7 Å². The Morgan fingerprint density at radius 2 is 2.23 bits per heavy atom. The predicted octanol–water partition coefficient (Wildman–Crippen LogP) is 0.833. The first-order valence-electron chi connectivity index (χ1n) is 5.26. The Kier molecular flexibility index (Phi) is 4.16. The number of rotatable bonds is 3. The molecule has 1 heterocycles. The van der Waals surface area contributed by atoms with Crippen LogP contribution in [-0.2, 0) is 4.74 Å². The minimum absolute atomic E-state index is 0.358. The molecule has 3 unspecified atom stereocenters. The van der Waals surface area contributed by atoms with Crippen molar-refractivity contribution in [3.63, 3.8) is 0 Å². The van der Waals surface area contributed by atoms with Gasteiger partial charge >= 0.3 is 0 Å². The molecular formula is C10H22N2O. The maximum absolute atomic E-state index is 5.74. The van der Waals surface area contributed by atoms with Crippen LogP contribution in [0.15, 0.2) is 0 Å². The lowest BCUT2D eigenvalue weighted by atomic mass is 10.1. The number of nitrogens with zero attached hydrogens (tertiary/aromatic N) is 1. The topological polar surface area (TPSA) is 38.5 Å². The van der Waals surface area contributed by atoms with E-state index in [1.807, 2.05) is 0 Å². The van der Waals surface area contributed by atoms with Gasteiger partial charge in [0.15, 0.2) is 0 Å². The second-order valence-electron chi connectivity index (χ2n) is 3.99. The Morgan fingerprint density at radius 1 is 1.54 bits per heavy atom. The first-order valence-corrected chi connectivity index (χ1v) is 5.26. The fourth-order valence-electron chi connectivity index (χ4n) is 1.97. The zero-order chi connectivity index (χ0) is 9.84. The Labute approximate surface area is 81.2 Å². The highest BCUT2D eigenvalue weighted by Gasteiger charge is 2.27. The highest BCUT2D eigenvalue weighted by Crippen LogP contribution is 2.15. The first-order chi connectivity index (χ1) is 6.19. The van der Waals surface area contributed by atoms with Gasteiger partial charge in [-0.05, 0) is 20.3 Å². The molecule has 3 heteroatoms. The van der Waals surface area contributed by atoms with E-state index >= 15 is 0 Å². The molecule has 1 fully saturated rings. The molecule has 2 N–H and O–H groups in total. The van der Waals surface area contributed by atoms with Crippen LogP contribution in [0.5, 0.6) is 0 Å². The second-order valence-corrected chi connectivity index (χ2v) is 3.99. The summed E-state index contributed by atoms with van der Waals surface area (Å²) >= 11 is 0. The van der Waals surface area contributed by atoms with E-state index in [1.54, 1.807) is 0 Å². The van der Waals surface area contributed by atoms with Gasteiger partial charge in [0, 0.05) is 25.2 Å². The normalized spacial score (nSPS) is 33.2. The molecule has 0 aromatic rings. The third-order valence-electron chi connectivity index (χ3n) is 2.87. The number of ether oxygens (including phenoxy) is 1. The number of nitrogens with two attached hydrogens (primary N) is 1. The van der Waals surface area contributed by atoms with Crippen molar-refractivity contribution in [2.45, 2.75) is 45.4 Å². The van der Waals surface area contributed by atoms with E-state index < -0.39 is 0 Å². The van der Waals surface area contributed by atoms with Crippen molar-refractivity contribution < 1.29 is 4.74 Å². The summed E-state index contributed by atoms with van der Waals surface area (Å²) < 4.78 is 5.58. The highest BCUT2D eigenvalue weighted by molar-refractivity contribution is 4.81. The zero-order valence-corrected chi connectivity index (χ0v) is 8.99. The largest absolute Gasteiger partial charge is 0.376 e. The van der Waals surface area contributed by atoms with Crippen LogP contribution in [0.1, 0.15) is 27.2 Å². The van der Waals surface area contributed by atoms with Crippen LogP contribution in [0, 0.1) is 0 Å². The van der Waals surface area contributed by atoms with Crippen LogP contribution in [-0.4, -0.2) is 42.8 Å². The first kappa shape index (κ1) is 11.0. The molecule has 78 valence electrons. The number of morpholine rings is 1. The van der Waals surface area contributed by atoms with Crippen LogP contribution >= 0.6 is 0 Å². The van der Waals surface area contributed by atoms with Crippen molar-refractivity contribution in [3.05, 3.63) is 0 Å². The van der Waals surface area contributed by atoms with Crippen molar-refractivity contribution in [2.24, 2.45) is 5.73 Å². The van der Waals surface area contributed by atoms with Crippen molar-refractivity contribution in [1.29, 1.82) is 0 Å². The summed E-state index contributed by atoms with van der Waals surface area (Å²) in [5, 5.41) is 0. The Hall–Kier alpha value is -0.120. The van der Waals surface area contributed by atoms with E-state index in [2.05, 4.69) is 25.7 Å². The van der Waals surface area contributed by atoms with E-state index in [0.717, 1.165) is 26.1 Å². The van der Waals surface area contributed by atoms with Gasteiger partial charge < -0.3 is 10.5 Å². The van der Waals surface area contributed by atoms with Crippen molar-refractivity contribution in [3.8, 4) is 0 Å². The minimum atomic E-state index is 0.358. The lowest BCUT2D eigenvalue weighted by Crippen LogP contribution is -2.54. The van der Waals surface area contributed by atoms with Crippen LogP contribution in [0.2, 0.25) is 0 Å². The predicted molar refractivity (Wildman–Crippen MR) is 54.7 cm³/mol. The highest BCUT2D eigenvalue weighted by atomic mass is 16.5. The van der Waals surface area contributed by atoms with Gasteiger partial charge in [0.2, 0.25) is 0 Å². The van der Waals surface area contributed by atoms with Crippen molar-refractivity contribution in [1.82, 2.24) is 4.90 Å². The standard InChI is InChI=1S/C10H22N2O/c1-4-10(5-11)12-6-9(3)13-7-8(12)2/h8-10H,4-7,11H2,1-3H3. The molecule has 0 saturated carbocycles. The molecule has 0 spiro atoms. The average molecular weight is 186 g/mol. The maximum Gasteiger partial charge on any atom is 0.0674 e. The smallest absolute Gasteiger partial charge is 0.0674 e. The average Bonchev–Trinajstić information content (AvgIpc) is 2.13. The molecule has 3 nitrogen and oxygen atoms in total. The molecule has 0 aliphatic carbocycles. The minimum Gasteiger partial charge on any atom is -0.376 e. The van der Waals surface area contributed by atoms with Gasteiger partial charge in [-0.2, -0.15) is 0 Å². The quantitative estimate of drug-likeness (QED) is 0.709. The Bertz CT molecular complexity index is 148. The SMILES string of the molecule is CCC(CN)N1CC(C)OCC1C. The van der Waals surface area contributed by atoms with Gasteiger partial charge in [-0.25, -0.2) is 0 Å². The van der Waals surface area contributed by atoms with Crippen LogP contribution in [0.4, 0.5) is 0 Å². The molecular weight excluding hydrogens is 164 g/mol. The molecule has 1 aliphatic rings. The fraction of sp³-hybridized carbons (Fsp3) is 1.00. The number of hydrogen-bond acceptors (Lipinski definition) is 3. The summed E-state index contributed by atoms with van der Waals surface area (Å²) in [6, 6.07) is 1.05. The van der Waals surface area contributed by atoms with Gasteiger partial charge in [0.1, 0.15) is 0 Å². The van der Waals surface area contributed by atoms with Crippen LogP contribution in [0.25, 0.3) is 0 Å². The summed E-state index contributed by atoms with van der Waals surface area (Å²) in [4.78, 5) is 2.48. The van der Waals surface area contributed by atoms with Gasteiger partial charge in [-0.15, -0.1) is 0 Å². The molecule has 1 aliphatic heterocycles. The summed E-state index contributed by atoms with van der Waals surface area (Å²) in [6.45, 7) is 9.17. The molecule has 0 aromatic carbocycles. The van der Waals surface area contributed by atoms with Crippen LogP contribution < -0.4 is 5.73 Å². The van der Waals surface area contributed by atoms with Gasteiger partial charge in [0.25, 0.3) is 0 Å². The third-order valence-corrected chi connectivity index (χ3v) is 2.87. The molecule has 13 heavy (non-hydrogen) atoms. The Morgan fingerprint density at radius 3 is 2.77 bits per heavy atom. The molecule has 3 atom stereocenters. The lowest BCUT2D eigenvalue weighted by molar-refractivity contribution is -0.0650. The molecule has 0 aromatic heterocycles. The van der Waals surface area contributed by atoms with E-state index in [9.17, 15) is 0 Å². The van der Waals surface area contributed by atoms with E-state index in [0.29, 0.717) is 18.2 Å². The zero-order valence-electron chi connectivity index (χ0n) is 8.99. The molecule has 0 amide bonds. The summed E-state index contributed by atoms with van der Waals surface area (Å²) in [7, 11) is 0. The molecule has 1 rings (SSSR count). The van der Waals surface area contributed by atoms with E-state index in [4.69, 9.17) is 10.5 Å². The van der Waals surface area contributed by atoms with E-state index in [1.165, 1.54) is 0 Å². The molecule has 0 bridgehead atoms. The lowest BCUT2D eigenvalue weighted by Gasteiger charge is -2.41. The van der Waals surface area contributed by atoms with Gasteiger partial charge in [-0.3, -0.25) is 4.90 Å². The summed E-state index contributed by atoms with van der Waals surface area (Å²) in [5.41, 5.74) is 5.74. The van der Waals surface area contributed by atoms with Crippen LogP contribution in [0.3, 0.4) is 0 Å². The summed E-state index contributed by atoms with van der Waals surface area (Å²) in [6.07, 6.45) is 1.49. The summed E-state index contributed by atoms with van der Waals surface area (Å²) in [5.74, 6) is 0. The fourth-order valence-corrected chi connectivity index (χ4v) is 1.97. The van der Waals surface area contributed by atoms with E-state index in [-0.39, 0.29) is 0 Å². The molecule has 1 saturated heterocycles. The monoisotopic (exact) mass is 186 g/mol. The van der Waals surface area contributed by atoms with Crippen molar-refractivity contribution >= 4 is 0 Å². The van der Waals surface area contributed by atoms with Gasteiger partial charge in [-0.1, -0.05) is 6.92 Å². The third kappa shape index (κ3) is 2.66.